The lowest BCUT2D eigenvalue weighted by atomic mass is 10.1. The van der Waals surface area contributed by atoms with Crippen LogP contribution >= 0.6 is 11.3 Å². The molecule has 1 aromatic carbocycles. The lowest BCUT2D eigenvalue weighted by molar-refractivity contribution is -0.130. The number of carbonyl (C=O) groups excluding carboxylic acids is 1. The van der Waals surface area contributed by atoms with Gasteiger partial charge in [-0.05, 0) is 50.3 Å². The van der Waals surface area contributed by atoms with Gasteiger partial charge < -0.3 is 9.47 Å². The van der Waals surface area contributed by atoms with Crippen LogP contribution < -0.4 is 5.32 Å². The first kappa shape index (κ1) is 19.9. The van der Waals surface area contributed by atoms with E-state index in [4.69, 9.17) is 9.47 Å². The number of amides is 1. The van der Waals surface area contributed by atoms with Gasteiger partial charge in [-0.2, -0.15) is 0 Å². The van der Waals surface area contributed by atoms with Crippen LogP contribution in [0.3, 0.4) is 0 Å². The number of rotatable bonds is 7. The molecule has 1 aliphatic rings. The van der Waals surface area contributed by atoms with Crippen molar-refractivity contribution in [2.24, 2.45) is 0 Å². The van der Waals surface area contributed by atoms with Crippen LogP contribution in [-0.2, 0) is 20.7 Å². The van der Waals surface area contributed by atoms with Gasteiger partial charge in [-0.1, -0.05) is 12.1 Å². The minimum absolute atomic E-state index is 0.0790. The van der Waals surface area contributed by atoms with Crippen LogP contribution in [-0.4, -0.2) is 36.3 Å². The molecule has 146 valence electrons. The van der Waals surface area contributed by atoms with E-state index in [-0.39, 0.29) is 17.8 Å². The van der Waals surface area contributed by atoms with Gasteiger partial charge in [0.2, 0.25) is 0 Å². The molecule has 7 heteroatoms. The van der Waals surface area contributed by atoms with Crippen LogP contribution in [0.2, 0.25) is 0 Å². The zero-order valence-corrected chi connectivity index (χ0v) is 16.5. The Morgan fingerprint density at radius 3 is 3.07 bits per heavy atom. The number of hydrogen-bond acceptors (Lipinski definition) is 5. The van der Waals surface area contributed by atoms with Crippen molar-refractivity contribution in [1.29, 1.82) is 0 Å². The molecular formula is C20H25FN2O3S. The minimum Gasteiger partial charge on any atom is -0.376 e. The molecule has 1 N–H and O–H groups in total. The first-order chi connectivity index (χ1) is 13.0. The third kappa shape index (κ3) is 5.82. The summed E-state index contributed by atoms with van der Waals surface area (Å²) in [5.74, 6) is -0.438. The predicted molar refractivity (Wildman–Crippen MR) is 104 cm³/mol. The van der Waals surface area contributed by atoms with Gasteiger partial charge in [-0.15, -0.1) is 11.3 Å². The zero-order chi connectivity index (χ0) is 19.2. The molecule has 1 amide bonds. The van der Waals surface area contributed by atoms with E-state index in [9.17, 15) is 9.18 Å². The highest BCUT2D eigenvalue weighted by atomic mass is 32.1. The monoisotopic (exact) mass is 392 g/mol. The number of aromatic nitrogens is 1. The first-order valence-corrected chi connectivity index (χ1v) is 10.1. The molecule has 3 rings (SSSR count). The lowest BCUT2D eigenvalue weighted by Crippen LogP contribution is -2.32. The molecule has 2 aromatic rings. The van der Waals surface area contributed by atoms with Gasteiger partial charge in [-0.25, -0.2) is 9.37 Å². The summed E-state index contributed by atoms with van der Waals surface area (Å²) in [6, 6.07) is 5.21. The molecule has 5 nitrogen and oxygen atoms in total. The Balaban J connectivity index is 1.48. The van der Waals surface area contributed by atoms with Crippen molar-refractivity contribution >= 4 is 22.4 Å². The highest BCUT2D eigenvalue weighted by Gasteiger charge is 2.19. The van der Waals surface area contributed by atoms with Crippen molar-refractivity contribution in [2.75, 3.05) is 18.5 Å². The second-order valence-corrected chi connectivity index (χ2v) is 7.96. The van der Waals surface area contributed by atoms with E-state index >= 15 is 0 Å². The van der Waals surface area contributed by atoms with Crippen molar-refractivity contribution in [2.45, 2.75) is 51.7 Å². The topological polar surface area (TPSA) is 60.5 Å². The second-order valence-electron chi connectivity index (χ2n) is 6.85. The summed E-state index contributed by atoms with van der Waals surface area (Å²) in [6.07, 6.45) is 5.00. The first-order valence-electron chi connectivity index (χ1n) is 9.25. The number of thiazole rings is 1. The van der Waals surface area contributed by atoms with E-state index in [1.54, 1.807) is 26.1 Å². The number of ether oxygens (including phenoxy) is 2. The number of benzene rings is 1. The second kappa shape index (κ2) is 9.39. The predicted octanol–water partition coefficient (Wildman–Crippen LogP) is 4.09. The van der Waals surface area contributed by atoms with Gasteiger partial charge in [0, 0.05) is 24.1 Å². The van der Waals surface area contributed by atoms with E-state index in [1.807, 2.05) is 6.07 Å². The molecule has 1 aliphatic heterocycles. The summed E-state index contributed by atoms with van der Waals surface area (Å²) in [5.41, 5.74) is 1.51. The van der Waals surface area contributed by atoms with Gasteiger partial charge in [-0.3, -0.25) is 10.1 Å². The summed E-state index contributed by atoms with van der Waals surface area (Å²) >= 11 is 1.38. The average molecular weight is 392 g/mol. The largest absolute Gasteiger partial charge is 0.376 e. The maximum atomic E-state index is 13.7. The molecule has 0 bridgehead atoms. The molecule has 1 saturated heterocycles. The van der Waals surface area contributed by atoms with Crippen molar-refractivity contribution in [1.82, 2.24) is 4.98 Å². The SMILES string of the molecule is Cc1ccc(Cc2cnc(NC(=O)C(C)OCC3CCCCO3)s2)cc1F. The number of nitrogens with one attached hydrogen (secondary N) is 1. The fourth-order valence-corrected chi connectivity index (χ4v) is 3.72. The number of carbonyl (C=O) groups is 1. The van der Waals surface area contributed by atoms with E-state index in [2.05, 4.69) is 10.3 Å². The highest BCUT2D eigenvalue weighted by molar-refractivity contribution is 7.15. The summed E-state index contributed by atoms with van der Waals surface area (Å²) in [5, 5.41) is 3.31. The molecule has 2 atom stereocenters. The van der Waals surface area contributed by atoms with E-state index < -0.39 is 6.10 Å². The summed E-state index contributed by atoms with van der Waals surface area (Å²) in [7, 11) is 0. The fraction of sp³-hybridized carbons (Fsp3) is 0.500. The molecule has 0 spiro atoms. The summed E-state index contributed by atoms with van der Waals surface area (Å²) in [6.45, 7) is 4.66. The smallest absolute Gasteiger partial charge is 0.254 e. The Labute approximate surface area is 162 Å². The van der Waals surface area contributed by atoms with E-state index in [0.29, 0.717) is 23.7 Å². The standard InChI is InChI=1S/C20H25FN2O3S/c1-13-6-7-15(10-18(13)21)9-17-11-22-20(27-17)23-19(24)14(2)26-12-16-5-3-4-8-25-16/h6-7,10-11,14,16H,3-5,8-9,12H2,1-2H3,(H,22,23,24). The van der Waals surface area contributed by atoms with Crippen LogP contribution in [0.15, 0.2) is 24.4 Å². The normalized spacial score (nSPS) is 18.3. The van der Waals surface area contributed by atoms with Crippen molar-refractivity contribution in [3.05, 3.63) is 46.2 Å². The molecule has 0 saturated carbocycles. The molecule has 1 aromatic heterocycles. The van der Waals surface area contributed by atoms with E-state index in [0.717, 1.165) is 36.3 Å². The molecular weight excluding hydrogens is 367 g/mol. The number of hydrogen-bond donors (Lipinski definition) is 1. The fourth-order valence-electron chi connectivity index (χ4n) is 2.87. The number of nitrogens with zero attached hydrogens (tertiary/aromatic N) is 1. The maximum Gasteiger partial charge on any atom is 0.254 e. The Kier molecular flexibility index (Phi) is 6.93. The molecule has 0 aliphatic carbocycles. The van der Waals surface area contributed by atoms with Gasteiger partial charge in [0.1, 0.15) is 11.9 Å². The van der Waals surface area contributed by atoms with Crippen molar-refractivity contribution < 1.29 is 18.7 Å². The summed E-state index contributed by atoms with van der Waals surface area (Å²) < 4.78 is 24.9. The molecule has 0 radical (unpaired) electrons. The van der Waals surface area contributed by atoms with Crippen LogP contribution in [0.1, 0.15) is 42.2 Å². The number of anilines is 1. The van der Waals surface area contributed by atoms with Crippen LogP contribution in [0.5, 0.6) is 0 Å². The van der Waals surface area contributed by atoms with Gasteiger partial charge in [0.25, 0.3) is 5.91 Å². The van der Waals surface area contributed by atoms with E-state index in [1.165, 1.54) is 17.4 Å². The molecule has 27 heavy (non-hydrogen) atoms. The Bertz CT molecular complexity index is 774. The Morgan fingerprint density at radius 2 is 2.33 bits per heavy atom. The van der Waals surface area contributed by atoms with Gasteiger partial charge in [0.15, 0.2) is 5.13 Å². The van der Waals surface area contributed by atoms with Crippen LogP contribution in [0.4, 0.5) is 9.52 Å². The average Bonchev–Trinajstić information content (AvgIpc) is 3.10. The lowest BCUT2D eigenvalue weighted by Gasteiger charge is -2.23. The quantitative estimate of drug-likeness (QED) is 0.771. The number of halogens is 1. The zero-order valence-electron chi connectivity index (χ0n) is 15.7. The van der Waals surface area contributed by atoms with Crippen molar-refractivity contribution in [3.63, 3.8) is 0 Å². The molecule has 1 fully saturated rings. The molecule has 2 unspecified atom stereocenters. The van der Waals surface area contributed by atoms with Crippen LogP contribution in [0, 0.1) is 12.7 Å². The van der Waals surface area contributed by atoms with Gasteiger partial charge in [0.05, 0.1) is 12.7 Å². The molecule has 2 heterocycles. The Morgan fingerprint density at radius 1 is 1.48 bits per heavy atom. The Hall–Kier alpha value is -1.83. The highest BCUT2D eigenvalue weighted by Crippen LogP contribution is 2.22. The third-order valence-corrected chi connectivity index (χ3v) is 5.49. The minimum atomic E-state index is -0.575. The number of aryl methyl sites for hydroxylation is 1. The van der Waals surface area contributed by atoms with Crippen molar-refractivity contribution in [3.8, 4) is 0 Å². The maximum absolute atomic E-state index is 13.7. The van der Waals surface area contributed by atoms with Gasteiger partial charge >= 0.3 is 0 Å². The summed E-state index contributed by atoms with van der Waals surface area (Å²) in [4.78, 5) is 17.5. The third-order valence-electron chi connectivity index (χ3n) is 4.57. The van der Waals surface area contributed by atoms with Crippen LogP contribution in [0.25, 0.3) is 0 Å².